The fourth-order valence-electron chi connectivity index (χ4n) is 1.55. The Hall–Kier alpha value is -0.940. The van der Waals surface area contributed by atoms with Gasteiger partial charge in [0.1, 0.15) is 0 Å². The van der Waals surface area contributed by atoms with Gasteiger partial charge in [-0.05, 0) is 13.3 Å². The number of nitrogens with two attached hydrogens (primary N) is 1. The van der Waals surface area contributed by atoms with E-state index in [1.165, 1.54) is 0 Å². The number of aromatic nitrogens is 2. The van der Waals surface area contributed by atoms with E-state index in [2.05, 4.69) is 10.2 Å². The summed E-state index contributed by atoms with van der Waals surface area (Å²) in [6.07, 6.45) is 1.12. The largest absolute Gasteiger partial charge is 0.423 e. The van der Waals surface area contributed by atoms with Crippen molar-refractivity contribution in [1.29, 1.82) is 0 Å². The van der Waals surface area contributed by atoms with Crippen molar-refractivity contribution in [2.24, 2.45) is 5.73 Å². The molecule has 1 aliphatic heterocycles. The Morgan fingerprint density at radius 1 is 1.54 bits per heavy atom. The molecular formula is C8H13N3O2. The van der Waals surface area contributed by atoms with Crippen LogP contribution < -0.4 is 5.73 Å². The summed E-state index contributed by atoms with van der Waals surface area (Å²) in [7, 11) is 0. The van der Waals surface area contributed by atoms with Crippen LogP contribution in [-0.2, 0) is 11.3 Å². The predicted octanol–water partition coefficient (Wildman–Crippen LogP) is 0.421. The number of hydrogen-bond donors (Lipinski definition) is 1. The van der Waals surface area contributed by atoms with Crippen molar-refractivity contribution < 1.29 is 9.15 Å². The van der Waals surface area contributed by atoms with Crippen molar-refractivity contribution in [3.8, 4) is 0 Å². The lowest BCUT2D eigenvalue weighted by Gasteiger charge is -2.07. The molecule has 0 saturated carbocycles. The molecule has 2 atom stereocenters. The third-order valence-electron chi connectivity index (χ3n) is 2.35. The Labute approximate surface area is 76.3 Å². The third kappa shape index (κ3) is 1.57. The minimum atomic E-state index is 0.172. The van der Waals surface area contributed by atoms with Gasteiger partial charge >= 0.3 is 0 Å². The molecule has 1 saturated heterocycles. The van der Waals surface area contributed by atoms with Gasteiger partial charge in [-0.1, -0.05) is 0 Å². The van der Waals surface area contributed by atoms with Gasteiger partial charge in [-0.3, -0.25) is 0 Å². The smallest absolute Gasteiger partial charge is 0.230 e. The van der Waals surface area contributed by atoms with Gasteiger partial charge in [-0.25, -0.2) is 0 Å². The molecule has 0 spiro atoms. The van der Waals surface area contributed by atoms with E-state index in [0.717, 1.165) is 13.0 Å². The molecule has 2 rings (SSSR count). The quantitative estimate of drug-likeness (QED) is 0.719. The zero-order valence-electron chi connectivity index (χ0n) is 7.56. The van der Waals surface area contributed by atoms with E-state index in [-0.39, 0.29) is 12.0 Å². The van der Waals surface area contributed by atoms with E-state index in [9.17, 15) is 0 Å². The first-order valence-corrected chi connectivity index (χ1v) is 4.45. The van der Waals surface area contributed by atoms with Crippen LogP contribution in [-0.4, -0.2) is 22.9 Å². The maximum absolute atomic E-state index is 5.40. The Balaban J connectivity index is 2.15. The molecule has 0 aromatic carbocycles. The normalized spacial score (nSPS) is 28.2. The number of rotatable bonds is 2. The highest BCUT2D eigenvalue weighted by Crippen LogP contribution is 2.29. The van der Waals surface area contributed by atoms with Crippen LogP contribution in [0.4, 0.5) is 0 Å². The first-order chi connectivity index (χ1) is 6.31. The summed E-state index contributed by atoms with van der Waals surface area (Å²) in [5, 5.41) is 7.76. The van der Waals surface area contributed by atoms with E-state index in [1.807, 2.05) is 6.92 Å². The van der Waals surface area contributed by atoms with Crippen molar-refractivity contribution >= 4 is 0 Å². The molecule has 1 aromatic heterocycles. The highest BCUT2D eigenvalue weighted by molar-refractivity contribution is 4.97. The molecule has 2 unspecified atom stereocenters. The lowest BCUT2D eigenvalue weighted by Crippen LogP contribution is -2.09. The van der Waals surface area contributed by atoms with Gasteiger partial charge in [-0.15, -0.1) is 10.2 Å². The second-order valence-electron chi connectivity index (χ2n) is 3.21. The van der Waals surface area contributed by atoms with E-state index in [1.54, 1.807) is 0 Å². The number of nitrogens with zero attached hydrogens (tertiary/aromatic N) is 2. The van der Waals surface area contributed by atoms with Crippen LogP contribution in [0, 0.1) is 0 Å². The van der Waals surface area contributed by atoms with Crippen LogP contribution >= 0.6 is 0 Å². The highest BCUT2D eigenvalue weighted by atomic mass is 16.5. The summed E-state index contributed by atoms with van der Waals surface area (Å²) in [5.74, 6) is 1.40. The average molecular weight is 183 g/mol. The van der Waals surface area contributed by atoms with Crippen molar-refractivity contribution in [1.82, 2.24) is 10.2 Å². The summed E-state index contributed by atoms with van der Waals surface area (Å²) in [4.78, 5) is 0. The fourth-order valence-corrected chi connectivity index (χ4v) is 1.55. The molecule has 1 aromatic rings. The molecule has 5 heteroatoms. The first kappa shape index (κ1) is 8.65. The topological polar surface area (TPSA) is 74.2 Å². The molecule has 0 amide bonds. The maximum Gasteiger partial charge on any atom is 0.230 e. The van der Waals surface area contributed by atoms with Crippen LogP contribution in [0.1, 0.15) is 31.0 Å². The lowest BCUT2D eigenvalue weighted by molar-refractivity contribution is 0.114. The van der Waals surface area contributed by atoms with Crippen molar-refractivity contribution in [3.63, 3.8) is 0 Å². The molecule has 2 heterocycles. The monoisotopic (exact) mass is 183 g/mol. The third-order valence-corrected chi connectivity index (χ3v) is 2.35. The van der Waals surface area contributed by atoms with E-state index < -0.39 is 0 Å². The molecule has 72 valence electrons. The Morgan fingerprint density at radius 3 is 2.92 bits per heavy atom. The molecule has 0 radical (unpaired) electrons. The summed E-state index contributed by atoms with van der Waals surface area (Å²) >= 11 is 0. The van der Waals surface area contributed by atoms with Crippen molar-refractivity contribution in [3.05, 3.63) is 11.8 Å². The minimum absolute atomic E-state index is 0.172. The lowest BCUT2D eigenvalue weighted by atomic mass is 10.0. The zero-order valence-corrected chi connectivity index (χ0v) is 7.56. The second-order valence-corrected chi connectivity index (χ2v) is 3.21. The van der Waals surface area contributed by atoms with E-state index >= 15 is 0 Å². The zero-order chi connectivity index (χ0) is 9.26. The Kier molecular flexibility index (Phi) is 2.28. The van der Waals surface area contributed by atoms with Crippen LogP contribution in [0.15, 0.2) is 4.42 Å². The van der Waals surface area contributed by atoms with Gasteiger partial charge < -0.3 is 14.9 Å². The van der Waals surface area contributed by atoms with Gasteiger partial charge in [-0.2, -0.15) is 0 Å². The molecule has 1 fully saturated rings. The molecule has 0 aliphatic carbocycles. The molecule has 0 bridgehead atoms. The average Bonchev–Trinajstić information content (AvgIpc) is 2.71. The summed E-state index contributed by atoms with van der Waals surface area (Å²) in [6.45, 7) is 3.09. The van der Waals surface area contributed by atoms with Crippen LogP contribution in [0.25, 0.3) is 0 Å². The molecule has 13 heavy (non-hydrogen) atoms. The minimum Gasteiger partial charge on any atom is -0.423 e. The van der Waals surface area contributed by atoms with E-state index in [4.69, 9.17) is 14.9 Å². The van der Waals surface area contributed by atoms with Crippen LogP contribution in [0.3, 0.4) is 0 Å². The number of hydrogen-bond acceptors (Lipinski definition) is 5. The summed E-state index contributed by atoms with van der Waals surface area (Å²) in [6, 6.07) is 0. The molecule has 1 aliphatic rings. The Bertz CT molecular complexity index is 287. The fraction of sp³-hybridized carbons (Fsp3) is 0.750. The second kappa shape index (κ2) is 3.43. The van der Waals surface area contributed by atoms with Gasteiger partial charge in [0.05, 0.1) is 18.6 Å². The van der Waals surface area contributed by atoms with Crippen LogP contribution in [0.2, 0.25) is 0 Å². The SMILES string of the molecule is CC1OCCC1c1nnc(CN)o1. The first-order valence-electron chi connectivity index (χ1n) is 4.45. The van der Waals surface area contributed by atoms with Crippen LogP contribution in [0.5, 0.6) is 0 Å². The van der Waals surface area contributed by atoms with Gasteiger partial charge in [0, 0.05) is 6.61 Å². The highest BCUT2D eigenvalue weighted by Gasteiger charge is 2.30. The Morgan fingerprint density at radius 2 is 2.38 bits per heavy atom. The van der Waals surface area contributed by atoms with E-state index in [0.29, 0.717) is 18.3 Å². The van der Waals surface area contributed by atoms with Gasteiger partial charge in [0.25, 0.3) is 0 Å². The molecule has 5 nitrogen and oxygen atoms in total. The van der Waals surface area contributed by atoms with Crippen molar-refractivity contribution in [2.75, 3.05) is 6.61 Å². The predicted molar refractivity (Wildman–Crippen MR) is 45.0 cm³/mol. The number of ether oxygens (including phenoxy) is 1. The maximum atomic E-state index is 5.40. The summed E-state index contributed by atoms with van der Waals surface area (Å²) in [5.41, 5.74) is 5.37. The standard InChI is InChI=1S/C8H13N3O2/c1-5-6(2-3-12-5)8-11-10-7(4-9)13-8/h5-6H,2-4,9H2,1H3. The van der Waals surface area contributed by atoms with Crippen molar-refractivity contribution in [2.45, 2.75) is 31.9 Å². The summed E-state index contributed by atoms with van der Waals surface area (Å²) < 4.78 is 10.8. The van der Waals surface area contributed by atoms with Gasteiger partial charge in [0.15, 0.2) is 0 Å². The molecule has 2 N–H and O–H groups in total. The van der Waals surface area contributed by atoms with Gasteiger partial charge in [0.2, 0.25) is 11.8 Å². The molecular weight excluding hydrogens is 170 g/mol.